The first-order chi connectivity index (χ1) is 5.97. The molecule has 1 rings (SSSR count). The third-order valence-corrected chi connectivity index (χ3v) is 2.27. The van der Waals surface area contributed by atoms with Crippen molar-refractivity contribution in [3.05, 3.63) is 23.0 Å². The van der Waals surface area contributed by atoms with E-state index in [1.807, 2.05) is 0 Å². The second-order valence-electron chi connectivity index (χ2n) is 2.00. The molecule has 1 aliphatic heterocycles. The van der Waals surface area contributed by atoms with E-state index in [-0.39, 0.29) is 0 Å². The minimum Gasteiger partial charge on any atom is -0.242 e. The van der Waals surface area contributed by atoms with Crippen molar-refractivity contribution in [1.29, 1.82) is 0 Å². The van der Waals surface area contributed by atoms with Crippen LogP contribution in [0.5, 0.6) is 0 Å². The molecule has 0 bridgehead atoms. The molecule has 70 valence electrons. The van der Waals surface area contributed by atoms with Crippen LogP contribution >= 0.6 is 0 Å². The van der Waals surface area contributed by atoms with Gasteiger partial charge in [0.2, 0.25) is 9.84 Å². The Morgan fingerprint density at radius 3 is 2.31 bits per heavy atom. The van der Waals surface area contributed by atoms with E-state index in [2.05, 4.69) is 16.4 Å². The second-order valence-corrected chi connectivity index (χ2v) is 3.77. The van der Waals surface area contributed by atoms with Gasteiger partial charge in [-0.3, -0.25) is 0 Å². The predicted octanol–water partition coefficient (Wildman–Crippen LogP) is -0.556. The molecule has 0 atom stereocenters. The van der Waals surface area contributed by atoms with E-state index in [4.69, 9.17) is 0 Å². The zero-order valence-electron chi connectivity index (χ0n) is 6.22. The molecule has 0 aromatic carbocycles. The van der Waals surface area contributed by atoms with Gasteiger partial charge in [-0.15, -0.1) is 0 Å². The molecule has 0 aromatic heterocycles. The maximum atomic E-state index is 10.7. The first-order valence-corrected chi connectivity index (χ1v) is 4.54. The van der Waals surface area contributed by atoms with E-state index >= 15 is 0 Å². The minimum absolute atomic E-state index is 0.510. The van der Waals surface area contributed by atoms with Gasteiger partial charge >= 0.3 is 11.9 Å². The molecule has 0 fully saturated rings. The largest absolute Gasteiger partial charge is 0.398 e. The van der Waals surface area contributed by atoms with Crippen molar-refractivity contribution in [2.45, 2.75) is 0 Å². The summed E-state index contributed by atoms with van der Waals surface area (Å²) in [5, 5.41) is 0.705. The summed E-state index contributed by atoms with van der Waals surface area (Å²) in [6.07, 6.45) is 0.767. The molecule has 13 heavy (non-hydrogen) atoms. The zero-order valence-corrected chi connectivity index (χ0v) is 7.04. The maximum absolute atomic E-state index is 10.7. The molecular formula is C6H4O6S. The quantitative estimate of drug-likeness (QED) is 0.340. The number of sulfone groups is 1. The third kappa shape index (κ3) is 2.15. The Morgan fingerprint density at radius 2 is 1.92 bits per heavy atom. The summed E-state index contributed by atoms with van der Waals surface area (Å²) in [4.78, 5) is 28.2. The van der Waals surface area contributed by atoms with Gasteiger partial charge in [0.05, 0.1) is 5.41 Å². The molecule has 6 nitrogen and oxygen atoms in total. The molecule has 7 heteroatoms. The molecule has 0 amide bonds. The van der Waals surface area contributed by atoms with Crippen LogP contribution in [0, 0.1) is 0 Å². The van der Waals surface area contributed by atoms with E-state index < -0.39 is 26.7 Å². The third-order valence-electron chi connectivity index (χ3n) is 1.08. The van der Waals surface area contributed by atoms with E-state index in [1.54, 1.807) is 0 Å². The summed E-state index contributed by atoms with van der Waals surface area (Å²) >= 11 is 0. The molecular weight excluding hydrogens is 200 g/mol. The van der Waals surface area contributed by atoms with Gasteiger partial charge in [-0.2, -0.15) is 0 Å². The number of hydrogen-bond acceptors (Lipinski definition) is 6. The average Bonchev–Trinajstić information content (AvgIpc) is 2.70. The Morgan fingerprint density at radius 1 is 1.38 bits per heavy atom. The van der Waals surface area contributed by atoms with Crippen molar-refractivity contribution in [2.75, 3.05) is 0 Å². The summed E-state index contributed by atoms with van der Waals surface area (Å²) in [5.74, 6) is -2.19. The van der Waals surface area contributed by atoms with Crippen LogP contribution in [-0.2, 0) is 29.2 Å². The summed E-state index contributed by atoms with van der Waals surface area (Å²) < 4.78 is 21.0. The van der Waals surface area contributed by atoms with Crippen molar-refractivity contribution < 1.29 is 27.8 Å². The van der Waals surface area contributed by atoms with Gasteiger partial charge in [0.15, 0.2) is 4.91 Å². The Labute approximate surface area is 73.3 Å². The van der Waals surface area contributed by atoms with Crippen LogP contribution in [0.25, 0.3) is 0 Å². The van der Waals surface area contributed by atoms with Crippen LogP contribution in [-0.4, -0.2) is 20.4 Å². The Kier molecular flexibility index (Phi) is 2.20. The maximum Gasteiger partial charge on any atom is 0.398 e. The van der Waals surface area contributed by atoms with Crippen molar-refractivity contribution in [3.8, 4) is 0 Å². The van der Waals surface area contributed by atoms with Crippen LogP contribution in [0.3, 0.4) is 0 Å². The lowest BCUT2D eigenvalue weighted by Gasteiger charge is -1.95. The highest BCUT2D eigenvalue weighted by atomic mass is 32.2. The molecule has 1 heterocycles. The van der Waals surface area contributed by atoms with Gasteiger partial charge in [0.1, 0.15) is 0 Å². The molecule has 0 spiro atoms. The monoisotopic (exact) mass is 204 g/mol. The number of rotatable bonds is 2. The lowest BCUT2D eigenvalue weighted by atomic mass is 10.7. The Hall–Kier alpha value is -1.63. The van der Waals surface area contributed by atoms with Gasteiger partial charge in [-0.25, -0.2) is 27.8 Å². The minimum atomic E-state index is -3.51. The van der Waals surface area contributed by atoms with Gasteiger partial charge in [0.25, 0.3) is 0 Å². The van der Waals surface area contributed by atoms with Crippen LogP contribution in [0.15, 0.2) is 23.0 Å². The van der Waals surface area contributed by atoms with Crippen LogP contribution in [0.4, 0.5) is 0 Å². The fraction of sp³-hybridized carbons (Fsp3) is 0. The predicted molar refractivity (Wildman–Crippen MR) is 39.4 cm³/mol. The van der Waals surface area contributed by atoms with Crippen molar-refractivity contribution in [3.63, 3.8) is 0 Å². The first kappa shape index (κ1) is 9.46. The highest BCUT2D eigenvalue weighted by Gasteiger charge is 2.39. The summed E-state index contributed by atoms with van der Waals surface area (Å²) in [6, 6.07) is 0. The van der Waals surface area contributed by atoms with Gasteiger partial charge in [0, 0.05) is 6.08 Å². The molecule has 0 saturated carbocycles. The van der Waals surface area contributed by atoms with Crippen LogP contribution in [0.2, 0.25) is 0 Å². The molecule has 0 N–H and O–H groups in total. The van der Waals surface area contributed by atoms with Crippen LogP contribution < -0.4 is 0 Å². The molecule has 0 saturated heterocycles. The van der Waals surface area contributed by atoms with Crippen LogP contribution in [0.1, 0.15) is 0 Å². The topological polar surface area (TPSA) is 86.7 Å². The summed E-state index contributed by atoms with van der Waals surface area (Å²) in [5.41, 5.74) is 0. The van der Waals surface area contributed by atoms with E-state index in [0.717, 1.165) is 6.08 Å². The normalized spacial score (nSPS) is 16.8. The highest BCUT2D eigenvalue weighted by Crippen LogP contribution is 2.26. The van der Waals surface area contributed by atoms with Crippen molar-refractivity contribution in [1.82, 2.24) is 0 Å². The fourth-order valence-corrected chi connectivity index (χ4v) is 1.27. The van der Waals surface area contributed by atoms with E-state index in [0.29, 0.717) is 5.41 Å². The van der Waals surface area contributed by atoms with E-state index in [1.165, 1.54) is 0 Å². The number of carbonyl (C=O) groups is 2. The summed E-state index contributed by atoms with van der Waals surface area (Å²) in [7, 11) is -3.51. The molecule has 1 aliphatic rings. The lowest BCUT2D eigenvalue weighted by molar-refractivity contribution is -0.250. The van der Waals surface area contributed by atoms with Crippen molar-refractivity contribution in [2.24, 2.45) is 0 Å². The number of carbonyl (C=O) groups excluding carboxylic acids is 2. The first-order valence-electron chi connectivity index (χ1n) is 2.99. The smallest absolute Gasteiger partial charge is 0.242 e. The van der Waals surface area contributed by atoms with Gasteiger partial charge < -0.3 is 0 Å². The fourth-order valence-electron chi connectivity index (χ4n) is 0.435. The zero-order chi connectivity index (χ0) is 10.1. The molecule has 0 radical (unpaired) electrons. The Bertz CT molecular complexity index is 401. The molecule has 0 aliphatic carbocycles. The van der Waals surface area contributed by atoms with Gasteiger partial charge in [-0.1, -0.05) is 6.58 Å². The Balaban J connectivity index is 2.41. The highest BCUT2D eigenvalue weighted by molar-refractivity contribution is 8.05. The summed E-state index contributed by atoms with van der Waals surface area (Å²) in [6.45, 7) is 3.03. The average molecular weight is 204 g/mol. The van der Waals surface area contributed by atoms with E-state index in [9.17, 15) is 18.0 Å². The standard InChI is InChI=1S/C6H4O6S/c1-2-5(7)11-12-6(8)4-3-13(4,9)10/h2-3H,1H2. The SMILES string of the molecule is C=CC(=O)OOC(=O)C1=CS1(=O)=O. The molecule has 0 aromatic rings. The second kappa shape index (κ2) is 3.02. The lowest BCUT2D eigenvalue weighted by Crippen LogP contribution is -2.09. The molecule has 0 unspecified atom stereocenters. The number of hydrogen-bond donors (Lipinski definition) is 0. The van der Waals surface area contributed by atoms with Gasteiger partial charge in [-0.05, 0) is 0 Å². The van der Waals surface area contributed by atoms with Crippen molar-refractivity contribution >= 4 is 21.8 Å².